The standard InChI is InChI=1S/C11H10N2O.C2H6/c1-6-4-7(5-12)13-11-9-3-2-8(14-9)10(6)11;1-2/h4,8-9H,2-3H2,1H3;1-2H3. The number of pyridine rings is 1. The van der Waals surface area contributed by atoms with Gasteiger partial charge in [0.2, 0.25) is 0 Å². The van der Waals surface area contributed by atoms with E-state index < -0.39 is 0 Å². The van der Waals surface area contributed by atoms with Gasteiger partial charge >= 0.3 is 0 Å². The van der Waals surface area contributed by atoms with Gasteiger partial charge < -0.3 is 4.74 Å². The molecular weight excluding hydrogens is 200 g/mol. The van der Waals surface area contributed by atoms with Gasteiger partial charge in [-0.2, -0.15) is 5.26 Å². The van der Waals surface area contributed by atoms with Crippen molar-refractivity contribution in [3.63, 3.8) is 0 Å². The van der Waals surface area contributed by atoms with Crippen molar-refractivity contribution in [3.05, 3.63) is 28.6 Å². The molecule has 1 aromatic heterocycles. The molecule has 2 aliphatic rings. The summed E-state index contributed by atoms with van der Waals surface area (Å²) >= 11 is 0. The van der Waals surface area contributed by atoms with Gasteiger partial charge in [0.1, 0.15) is 17.9 Å². The maximum Gasteiger partial charge on any atom is 0.141 e. The first-order valence-electron chi connectivity index (χ1n) is 5.86. The van der Waals surface area contributed by atoms with Crippen molar-refractivity contribution in [2.75, 3.05) is 0 Å². The topological polar surface area (TPSA) is 45.9 Å². The Hall–Kier alpha value is -1.40. The molecule has 3 rings (SSSR count). The molecule has 2 atom stereocenters. The van der Waals surface area contributed by atoms with Gasteiger partial charge in [-0.05, 0) is 31.4 Å². The lowest BCUT2D eigenvalue weighted by Crippen LogP contribution is -2.04. The summed E-state index contributed by atoms with van der Waals surface area (Å²) < 4.78 is 5.75. The Morgan fingerprint density at radius 1 is 1.38 bits per heavy atom. The molecule has 0 aromatic carbocycles. The molecule has 16 heavy (non-hydrogen) atoms. The van der Waals surface area contributed by atoms with Gasteiger partial charge in [-0.3, -0.25) is 0 Å². The lowest BCUT2D eigenvalue weighted by molar-refractivity contribution is 0.0701. The van der Waals surface area contributed by atoms with Crippen molar-refractivity contribution in [1.29, 1.82) is 5.26 Å². The second-order valence-electron chi connectivity index (χ2n) is 3.93. The quantitative estimate of drug-likeness (QED) is 0.669. The van der Waals surface area contributed by atoms with Crippen molar-refractivity contribution in [2.24, 2.45) is 0 Å². The first-order valence-corrected chi connectivity index (χ1v) is 5.86. The minimum atomic E-state index is 0.155. The summed E-state index contributed by atoms with van der Waals surface area (Å²) in [6.45, 7) is 6.03. The third kappa shape index (κ3) is 1.50. The molecule has 0 aliphatic carbocycles. The Balaban J connectivity index is 0.000000457. The highest BCUT2D eigenvalue weighted by Crippen LogP contribution is 2.50. The summed E-state index contributed by atoms with van der Waals surface area (Å²) in [7, 11) is 0. The fourth-order valence-corrected chi connectivity index (χ4v) is 2.48. The fourth-order valence-electron chi connectivity index (χ4n) is 2.48. The predicted octanol–water partition coefficient (Wildman–Crippen LogP) is 3.19. The monoisotopic (exact) mass is 216 g/mol. The first-order chi connectivity index (χ1) is 7.79. The molecular formula is C13H16N2O. The minimum absolute atomic E-state index is 0.155. The maximum absolute atomic E-state index is 8.81. The molecule has 2 unspecified atom stereocenters. The van der Waals surface area contributed by atoms with Crippen LogP contribution in [0, 0.1) is 18.3 Å². The van der Waals surface area contributed by atoms with Gasteiger partial charge in [0.15, 0.2) is 0 Å². The third-order valence-corrected chi connectivity index (χ3v) is 3.06. The van der Waals surface area contributed by atoms with Crippen molar-refractivity contribution < 1.29 is 4.74 Å². The molecule has 3 nitrogen and oxygen atoms in total. The molecule has 84 valence electrons. The summed E-state index contributed by atoms with van der Waals surface area (Å²) in [5.41, 5.74) is 3.91. The van der Waals surface area contributed by atoms with Crippen molar-refractivity contribution in [1.82, 2.24) is 4.98 Å². The van der Waals surface area contributed by atoms with E-state index in [9.17, 15) is 0 Å². The van der Waals surface area contributed by atoms with Gasteiger partial charge in [0.25, 0.3) is 0 Å². The molecule has 1 saturated heterocycles. The molecule has 0 spiro atoms. The van der Waals surface area contributed by atoms with Crippen LogP contribution >= 0.6 is 0 Å². The smallest absolute Gasteiger partial charge is 0.141 e. The SMILES string of the molecule is CC.Cc1cc(C#N)nc2c1C1CCC2O1. The Labute approximate surface area is 96.1 Å². The normalized spacial score (nSPS) is 24.4. The van der Waals surface area contributed by atoms with Gasteiger partial charge in [-0.25, -0.2) is 4.98 Å². The lowest BCUT2D eigenvalue weighted by Gasteiger charge is -2.12. The molecule has 3 heterocycles. The largest absolute Gasteiger partial charge is 0.364 e. The second kappa shape index (κ2) is 4.23. The molecule has 1 aromatic rings. The van der Waals surface area contributed by atoms with E-state index in [4.69, 9.17) is 10.00 Å². The Morgan fingerprint density at radius 2 is 2.06 bits per heavy atom. The summed E-state index contributed by atoms with van der Waals surface area (Å²) in [5.74, 6) is 0. The average Bonchev–Trinajstić information content (AvgIpc) is 2.92. The van der Waals surface area contributed by atoms with Gasteiger partial charge in [0.05, 0.1) is 11.8 Å². The molecule has 0 N–H and O–H groups in total. The molecule has 0 saturated carbocycles. The summed E-state index contributed by atoms with van der Waals surface area (Å²) in [5, 5.41) is 8.81. The number of nitriles is 1. The average molecular weight is 216 g/mol. The van der Waals surface area contributed by atoms with Crippen LogP contribution in [0.1, 0.15) is 61.4 Å². The molecule has 3 heteroatoms. The highest BCUT2D eigenvalue weighted by molar-refractivity contribution is 5.42. The zero-order valence-electron chi connectivity index (χ0n) is 9.95. The van der Waals surface area contributed by atoms with E-state index in [-0.39, 0.29) is 12.2 Å². The van der Waals surface area contributed by atoms with Crippen LogP contribution in [0.4, 0.5) is 0 Å². The highest BCUT2D eigenvalue weighted by Gasteiger charge is 2.40. The summed E-state index contributed by atoms with van der Waals surface area (Å²) in [6.07, 6.45) is 2.56. The van der Waals surface area contributed by atoms with Gasteiger partial charge in [-0.15, -0.1) is 0 Å². The zero-order chi connectivity index (χ0) is 11.7. The number of aryl methyl sites for hydroxylation is 1. The molecule has 1 fully saturated rings. The predicted molar refractivity (Wildman–Crippen MR) is 60.8 cm³/mol. The minimum Gasteiger partial charge on any atom is -0.364 e. The zero-order valence-corrected chi connectivity index (χ0v) is 9.95. The van der Waals surface area contributed by atoms with E-state index in [0.717, 1.165) is 24.1 Å². The molecule has 2 bridgehead atoms. The summed E-state index contributed by atoms with van der Waals surface area (Å²) in [4.78, 5) is 4.33. The lowest BCUT2D eigenvalue weighted by atomic mass is 9.92. The van der Waals surface area contributed by atoms with Crippen LogP contribution in [0.5, 0.6) is 0 Å². The van der Waals surface area contributed by atoms with Crippen LogP contribution in [0.15, 0.2) is 6.07 Å². The van der Waals surface area contributed by atoms with E-state index >= 15 is 0 Å². The third-order valence-electron chi connectivity index (χ3n) is 3.06. The van der Waals surface area contributed by atoms with Crippen molar-refractivity contribution in [3.8, 4) is 6.07 Å². The number of aromatic nitrogens is 1. The van der Waals surface area contributed by atoms with E-state index in [0.29, 0.717) is 5.69 Å². The molecule has 2 aliphatic heterocycles. The molecule has 0 amide bonds. The van der Waals surface area contributed by atoms with E-state index in [1.165, 1.54) is 5.56 Å². The van der Waals surface area contributed by atoms with Crippen LogP contribution in [-0.2, 0) is 4.74 Å². The first kappa shape index (κ1) is 11.1. The Bertz CT molecular complexity index is 448. The number of hydrogen-bond donors (Lipinski definition) is 0. The molecule has 0 radical (unpaired) electrons. The number of hydrogen-bond acceptors (Lipinski definition) is 3. The van der Waals surface area contributed by atoms with Gasteiger partial charge in [0, 0.05) is 5.56 Å². The maximum atomic E-state index is 8.81. The van der Waals surface area contributed by atoms with Crippen LogP contribution in [0.3, 0.4) is 0 Å². The number of fused-ring (bicyclic) bond motifs is 5. The number of rotatable bonds is 0. The second-order valence-corrected chi connectivity index (χ2v) is 3.93. The number of ether oxygens (including phenoxy) is 1. The van der Waals surface area contributed by atoms with Crippen molar-refractivity contribution >= 4 is 0 Å². The Morgan fingerprint density at radius 3 is 2.75 bits per heavy atom. The number of nitrogens with zero attached hydrogens (tertiary/aromatic N) is 2. The van der Waals surface area contributed by atoms with Crippen LogP contribution in [0.2, 0.25) is 0 Å². The van der Waals surface area contributed by atoms with Crippen molar-refractivity contribution in [2.45, 2.75) is 45.8 Å². The Kier molecular flexibility index (Phi) is 2.93. The van der Waals surface area contributed by atoms with Crippen LogP contribution in [-0.4, -0.2) is 4.98 Å². The van der Waals surface area contributed by atoms with Crippen LogP contribution in [0.25, 0.3) is 0 Å². The van der Waals surface area contributed by atoms with E-state index in [2.05, 4.69) is 11.1 Å². The highest BCUT2D eigenvalue weighted by atomic mass is 16.5. The summed E-state index contributed by atoms with van der Waals surface area (Å²) in [6, 6.07) is 3.94. The van der Waals surface area contributed by atoms with E-state index in [1.807, 2.05) is 26.8 Å². The van der Waals surface area contributed by atoms with E-state index in [1.54, 1.807) is 0 Å². The van der Waals surface area contributed by atoms with Gasteiger partial charge in [-0.1, -0.05) is 13.8 Å². The fraction of sp³-hybridized carbons (Fsp3) is 0.538. The van der Waals surface area contributed by atoms with Crippen LogP contribution < -0.4 is 0 Å².